The molecule has 14 heavy (non-hydrogen) atoms. The zero-order chi connectivity index (χ0) is 10.6. The highest BCUT2D eigenvalue weighted by atomic mass is 19.3. The van der Waals surface area contributed by atoms with E-state index in [4.69, 9.17) is 5.26 Å². The third-order valence-corrected chi connectivity index (χ3v) is 1.50. The van der Waals surface area contributed by atoms with Gasteiger partial charge in [0, 0.05) is 11.5 Å². The second-order valence-electron chi connectivity index (χ2n) is 2.40. The van der Waals surface area contributed by atoms with E-state index in [1.807, 2.05) is 5.92 Å². The number of alkyl halides is 2. The highest BCUT2D eigenvalue weighted by Crippen LogP contribution is 2.22. The molecule has 1 aromatic rings. The molecule has 0 N–H and O–H groups in total. The van der Waals surface area contributed by atoms with Crippen LogP contribution < -0.4 is 0 Å². The van der Waals surface area contributed by atoms with Gasteiger partial charge in [-0.2, -0.15) is 5.26 Å². The van der Waals surface area contributed by atoms with Gasteiger partial charge in [-0.25, -0.2) is 13.2 Å². The summed E-state index contributed by atoms with van der Waals surface area (Å²) in [4.78, 5) is 0. The molecule has 0 radical (unpaired) electrons. The number of rotatable bonds is 1. The summed E-state index contributed by atoms with van der Waals surface area (Å²) >= 11 is 0. The van der Waals surface area contributed by atoms with E-state index in [9.17, 15) is 13.2 Å². The van der Waals surface area contributed by atoms with Gasteiger partial charge >= 0.3 is 0 Å². The molecule has 0 aliphatic heterocycles. The highest BCUT2D eigenvalue weighted by molar-refractivity contribution is 5.39. The lowest BCUT2D eigenvalue weighted by Gasteiger charge is -2.00. The quantitative estimate of drug-likeness (QED) is 0.632. The number of nitriles is 1. The molecule has 0 heterocycles. The Labute approximate surface area is 78.8 Å². The van der Waals surface area contributed by atoms with Crippen LogP contribution in [-0.4, -0.2) is 0 Å². The van der Waals surface area contributed by atoms with E-state index in [0.29, 0.717) is 0 Å². The average molecular weight is 195 g/mol. The van der Waals surface area contributed by atoms with Gasteiger partial charge in [-0.05, 0) is 18.2 Å². The van der Waals surface area contributed by atoms with Gasteiger partial charge in [0.2, 0.25) is 0 Å². The van der Waals surface area contributed by atoms with Crippen LogP contribution in [0.5, 0.6) is 0 Å². The first-order chi connectivity index (χ1) is 6.65. The molecular formula is C10H4F3N. The first-order valence-corrected chi connectivity index (χ1v) is 3.63. The fourth-order valence-corrected chi connectivity index (χ4v) is 0.882. The van der Waals surface area contributed by atoms with Crippen LogP contribution in [0, 0.1) is 29.0 Å². The van der Waals surface area contributed by atoms with Gasteiger partial charge in [0.05, 0.1) is 5.56 Å². The molecule has 0 spiro atoms. The van der Waals surface area contributed by atoms with Crippen molar-refractivity contribution < 1.29 is 13.2 Å². The Morgan fingerprint density at radius 1 is 1.29 bits per heavy atom. The number of halogens is 3. The molecule has 0 unspecified atom stereocenters. The van der Waals surface area contributed by atoms with Gasteiger partial charge in [-0.1, -0.05) is 5.92 Å². The molecule has 1 nitrogen and oxygen atoms in total. The molecular weight excluding hydrogens is 191 g/mol. The van der Waals surface area contributed by atoms with E-state index in [-0.39, 0.29) is 5.56 Å². The summed E-state index contributed by atoms with van der Waals surface area (Å²) in [5.41, 5.74) is -0.457. The molecule has 0 bridgehead atoms. The third kappa shape index (κ3) is 2.27. The minimum atomic E-state index is -2.84. The maximum Gasteiger partial charge on any atom is 0.266 e. The first-order valence-electron chi connectivity index (χ1n) is 3.63. The van der Waals surface area contributed by atoms with Crippen molar-refractivity contribution >= 4 is 0 Å². The Balaban J connectivity index is 3.08. The predicted molar refractivity (Wildman–Crippen MR) is 43.8 cm³/mol. The van der Waals surface area contributed by atoms with Crippen LogP contribution >= 0.6 is 0 Å². The van der Waals surface area contributed by atoms with Crippen molar-refractivity contribution in [2.45, 2.75) is 6.43 Å². The lowest BCUT2D eigenvalue weighted by molar-refractivity contribution is 0.146. The Bertz CT molecular complexity index is 435. The van der Waals surface area contributed by atoms with E-state index in [2.05, 4.69) is 5.92 Å². The van der Waals surface area contributed by atoms with Gasteiger partial charge in [0.15, 0.2) is 6.07 Å². The van der Waals surface area contributed by atoms with Crippen molar-refractivity contribution in [2.75, 3.05) is 0 Å². The maximum absolute atomic E-state index is 12.9. The van der Waals surface area contributed by atoms with Crippen LogP contribution in [0.25, 0.3) is 0 Å². The summed E-state index contributed by atoms with van der Waals surface area (Å²) < 4.78 is 37.1. The summed E-state index contributed by atoms with van der Waals surface area (Å²) in [5.74, 6) is 3.34. The topological polar surface area (TPSA) is 23.8 Å². The largest absolute Gasteiger partial charge is 0.266 e. The summed E-state index contributed by atoms with van der Waals surface area (Å²) in [6.45, 7) is 0. The Morgan fingerprint density at radius 2 is 2.00 bits per heavy atom. The fraction of sp³-hybridized carbons (Fsp3) is 0.100. The molecule has 1 rings (SSSR count). The van der Waals surface area contributed by atoms with Crippen LogP contribution in [-0.2, 0) is 0 Å². The third-order valence-electron chi connectivity index (χ3n) is 1.50. The first kappa shape index (κ1) is 10.1. The molecule has 0 fully saturated rings. The molecule has 1 aromatic carbocycles. The van der Waals surface area contributed by atoms with Crippen LogP contribution in [0.15, 0.2) is 18.2 Å². The molecule has 0 aliphatic rings. The zero-order valence-electron chi connectivity index (χ0n) is 6.89. The van der Waals surface area contributed by atoms with Gasteiger partial charge in [-0.3, -0.25) is 0 Å². The number of nitrogens with zero attached hydrogens (tertiary/aromatic N) is 1. The predicted octanol–water partition coefficient (Wildman–Crippen LogP) is 2.64. The lowest BCUT2D eigenvalue weighted by atomic mass is 10.1. The van der Waals surface area contributed by atoms with Crippen molar-refractivity contribution in [1.82, 2.24) is 0 Å². The van der Waals surface area contributed by atoms with E-state index >= 15 is 0 Å². The smallest absolute Gasteiger partial charge is 0.206 e. The van der Waals surface area contributed by atoms with Crippen LogP contribution in [0.4, 0.5) is 13.2 Å². The SMILES string of the molecule is N#CC#Cc1ccc(C(F)F)c(F)c1. The summed E-state index contributed by atoms with van der Waals surface area (Å²) in [6, 6.07) is 4.63. The normalized spacial score (nSPS) is 9.07. The van der Waals surface area contributed by atoms with Gasteiger partial charge in [0.25, 0.3) is 6.43 Å². The second kappa shape index (κ2) is 4.34. The van der Waals surface area contributed by atoms with Crippen molar-refractivity contribution in [3.63, 3.8) is 0 Å². The standard InChI is InChI=1S/C10H4F3N/c11-9-6-7(2-1-5-14)3-4-8(9)10(12)13/h3-4,6,10H. The van der Waals surface area contributed by atoms with E-state index in [1.54, 1.807) is 6.07 Å². The molecule has 0 saturated carbocycles. The summed E-state index contributed by atoms with van der Waals surface area (Å²) in [7, 11) is 0. The van der Waals surface area contributed by atoms with E-state index < -0.39 is 17.8 Å². The molecule has 0 aliphatic carbocycles. The number of hydrogen-bond acceptors (Lipinski definition) is 1. The molecule has 0 aromatic heterocycles. The summed E-state index contributed by atoms with van der Waals surface area (Å²) in [6.07, 6.45) is -2.84. The van der Waals surface area contributed by atoms with E-state index in [1.165, 1.54) is 6.07 Å². The monoisotopic (exact) mass is 195 g/mol. The van der Waals surface area contributed by atoms with Crippen molar-refractivity contribution in [3.05, 3.63) is 35.1 Å². The average Bonchev–Trinajstić information content (AvgIpc) is 2.14. The van der Waals surface area contributed by atoms with Gasteiger partial charge in [0.1, 0.15) is 5.82 Å². The Hall–Kier alpha value is -1.94. The lowest BCUT2D eigenvalue weighted by Crippen LogP contribution is -1.91. The van der Waals surface area contributed by atoms with Crippen molar-refractivity contribution in [3.8, 4) is 17.9 Å². The number of hydrogen-bond donors (Lipinski definition) is 0. The van der Waals surface area contributed by atoms with Gasteiger partial charge < -0.3 is 0 Å². The molecule has 4 heteroatoms. The summed E-state index contributed by atoms with van der Waals surface area (Å²) in [5, 5.41) is 8.10. The second-order valence-corrected chi connectivity index (χ2v) is 2.40. The molecule has 0 saturated heterocycles. The minimum Gasteiger partial charge on any atom is -0.206 e. The van der Waals surface area contributed by atoms with Crippen molar-refractivity contribution in [1.29, 1.82) is 5.26 Å². The molecule has 0 amide bonds. The van der Waals surface area contributed by atoms with Crippen LogP contribution in [0.3, 0.4) is 0 Å². The van der Waals surface area contributed by atoms with Crippen LogP contribution in [0.2, 0.25) is 0 Å². The molecule has 0 atom stereocenters. The van der Waals surface area contributed by atoms with Gasteiger partial charge in [-0.15, -0.1) is 0 Å². The highest BCUT2D eigenvalue weighted by Gasteiger charge is 2.12. The van der Waals surface area contributed by atoms with E-state index in [0.717, 1.165) is 12.1 Å². The number of benzene rings is 1. The molecule has 70 valence electrons. The zero-order valence-corrected chi connectivity index (χ0v) is 6.89. The minimum absolute atomic E-state index is 0.202. The van der Waals surface area contributed by atoms with Crippen LogP contribution in [0.1, 0.15) is 17.6 Å². The maximum atomic E-state index is 12.9. The van der Waals surface area contributed by atoms with Crippen molar-refractivity contribution in [2.24, 2.45) is 0 Å². The Kier molecular flexibility index (Phi) is 3.14. The Morgan fingerprint density at radius 3 is 2.50 bits per heavy atom. The fourth-order valence-electron chi connectivity index (χ4n) is 0.882.